The van der Waals surface area contributed by atoms with Crippen LogP contribution in [0.3, 0.4) is 0 Å². The van der Waals surface area contributed by atoms with E-state index in [4.69, 9.17) is 5.26 Å². The fourth-order valence-corrected chi connectivity index (χ4v) is 1.17. The van der Waals surface area contributed by atoms with E-state index in [1.165, 1.54) is 6.34 Å². The van der Waals surface area contributed by atoms with Gasteiger partial charge in [-0.3, -0.25) is 10.4 Å². The van der Waals surface area contributed by atoms with Crippen LogP contribution in [0.1, 0.15) is 0 Å². The van der Waals surface area contributed by atoms with Crippen LogP contribution in [0.15, 0.2) is 29.3 Å². The molecule has 0 bridgehead atoms. The number of fused-ring (bicyclic) bond motifs is 1. The number of aromatic amines is 1. The lowest BCUT2D eigenvalue weighted by atomic mass is 10.2. The number of nitrogens with zero attached hydrogens (tertiary/aromatic N) is 3. The van der Waals surface area contributed by atoms with Crippen LogP contribution in [0.4, 0.5) is 5.82 Å². The summed E-state index contributed by atoms with van der Waals surface area (Å²) in [7, 11) is 0. The van der Waals surface area contributed by atoms with Crippen LogP contribution in [0.2, 0.25) is 0 Å². The number of H-pyrrole nitrogens is 1. The van der Waals surface area contributed by atoms with E-state index in [9.17, 15) is 0 Å². The van der Waals surface area contributed by atoms with Crippen molar-refractivity contribution in [2.45, 2.75) is 0 Å². The Kier molecular flexibility index (Phi) is 2.11. The Labute approximate surface area is 80.1 Å². The van der Waals surface area contributed by atoms with E-state index in [-0.39, 0.29) is 0 Å². The van der Waals surface area contributed by atoms with E-state index in [0.29, 0.717) is 5.82 Å². The Morgan fingerprint density at radius 3 is 3.21 bits per heavy atom. The summed E-state index contributed by atoms with van der Waals surface area (Å²) in [6.45, 7) is 0. The molecule has 1 aromatic carbocycles. The van der Waals surface area contributed by atoms with Gasteiger partial charge in [-0.1, -0.05) is 12.1 Å². The molecule has 0 radical (unpaired) electrons. The molecule has 5 nitrogen and oxygen atoms in total. The molecule has 2 N–H and O–H groups in total. The minimum Gasteiger partial charge on any atom is -0.283 e. The number of hydrogen-bond donors (Lipinski definition) is 2. The molecule has 0 aliphatic carbocycles. The SMILES string of the molecule is N#CNC=Nc1n[nH]c2ccccc12. The van der Waals surface area contributed by atoms with E-state index < -0.39 is 0 Å². The predicted molar refractivity (Wildman–Crippen MR) is 53.0 cm³/mol. The fraction of sp³-hybridized carbons (Fsp3) is 0. The highest BCUT2D eigenvalue weighted by atomic mass is 15.2. The second kappa shape index (κ2) is 3.58. The van der Waals surface area contributed by atoms with E-state index in [1.807, 2.05) is 24.3 Å². The van der Waals surface area contributed by atoms with Gasteiger partial charge in [0.05, 0.1) is 5.52 Å². The van der Waals surface area contributed by atoms with E-state index in [2.05, 4.69) is 20.5 Å². The first-order chi connectivity index (χ1) is 6.92. The summed E-state index contributed by atoms with van der Waals surface area (Å²) in [4.78, 5) is 3.98. The van der Waals surface area contributed by atoms with Gasteiger partial charge in [0.15, 0.2) is 12.0 Å². The van der Waals surface area contributed by atoms with Crippen LogP contribution in [0.25, 0.3) is 10.9 Å². The maximum atomic E-state index is 8.23. The van der Waals surface area contributed by atoms with E-state index in [0.717, 1.165) is 10.9 Å². The lowest BCUT2D eigenvalue weighted by Gasteiger charge is -1.87. The zero-order valence-corrected chi connectivity index (χ0v) is 7.23. The highest BCUT2D eigenvalue weighted by Crippen LogP contribution is 2.21. The Morgan fingerprint density at radius 2 is 2.36 bits per heavy atom. The van der Waals surface area contributed by atoms with Crippen molar-refractivity contribution in [3.8, 4) is 6.19 Å². The lowest BCUT2D eigenvalue weighted by Crippen LogP contribution is -1.98. The Balaban J connectivity index is 2.39. The van der Waals surface area contributed by atoms with Crippen LogP contribution >= 0.6 is 0 Å². The van der Waals surface area contributed by atoms with Gasteiger partial charge in [0.2, 0.25) is 0 Å². The van der Waals surface area contributed by atoms with Gasteiger partial charge in [-0.2, -0.15) is 10.4 Å². The number of aliphatic imine (C=N–C) groups is 1. The first-order valence-corrected chi connectivity index (χ1v) is 4.02. The summed E-state index contributed by atoms with van der Waals surface area (Å²) in [6, 6.07) is 7.66. The van der Waals surface area contributed by atoms with Crippen molar-refractivity contribution in [1.82, 2.24) is 15.5 Å². The average Bonchev–Trinajstić information content (AvgIpc) is 2.63. The quantitative estimate of drug-likeness (QED) is 0.320. The summed E-state index contributed by atoms with van der Waals surface area (Å²) >= 11 is 0. The first-order valence-electron chi connectivity index (χ1n) is 4.02. The predicted octanol–water partition coefficient (Wildman–Crippen LogP) is 1.29. The third-order valence-corrected chi connectivity index (χ3v) is 1.77. The normalized spacial score (nSPS) is 10.5. The van der Waals surface area contributed by atoms with Gasteiger partial charge in [-0.15, -0.1) is 0 Å². The number of aromatic nitrogens is 2. The minimum absolute atomic E-state index is 0.573. The molecule has 0 saturated carbocycles. The maximum absolute atomic E-state index is 8.23. The fourth-order valence-electron chi connectivity index (χ4n) is 1.17. The van der Waals surface area contributed by atoms with Crippen LogP contribution in [-0.4, -0.2) is 16.5 Å². The van der Waals surface area contributed by atoms with Gasteiger partial charge in [0.25, 0.3) is 0 Å². The second-order valence-electron chi connectivity index (χ2n) is 2.61. The Morgan fingerprint density at radius 1 is 1.50 bits per heavy atom. The third-order valence-electron chi connectivity index (χ3n) is 1.77. The summed E-state index contributed by atoms with van der Waals surface area (Å²) in [5, 5.41) is 18.3. The van der Waals surface area contributed by atoms with Crippen LogP contribution in [-0.2, 0) is 0 Å². The molecule has 68 valence electrons. The molecule has 0 atom stereocenters. The molecule has 0 amide bonds. The van der Waals surface area contributed by atoms with Gasteiger partial charge in [0, 0.05) is 5.39 Å². The van der Waals surface area contributed by atoms with Crippen LogP contribution in [0, 0.1) is 11.5 Å². The van der Waals surface area contributed by atoms with E-state index >= 15 is 0 Å². The molecule has 0 aliphatic heterocycles. The molecule has 0 unspecified atom stereocenters. The van der Waals surface area contributed by atoms with E-state index in [1.54, 1.807) is 6.19 Å². The first kappa shape index (κ1) is 8.26. The lowest BCUT2D eigenvalue weighted by molar-refractivity contribution is 1.11. The third kappa shape index (κ3) is 1.41. The summed E-state index contributed by atoms with van der Waals surface area (Å²) in [5.41, 5.74) is 0.927. The molecule has 2 rings (SSSR count). The second-order valence-corrected chi connectivity index (χ2v) is 2.61. The van der Waals surface area contributed by atoms with Gasteiger partial charge in [-0.05, 0) is 12.1 Å². The number of nitrogens with one attached hydrogen (secondary N) is 2. The molecule has 0 aliphatic rings. The number of nitriles is 1. The molecule has 0 saturated heterocycles. The van der Waals surface area contributed by atoms with Crippen molar-refractivity contribution in [2.24, 2.45) is 4.99 Å². The average molecular weight is 185 g/mol. The monoisotopic (exact) mass is 185 g/mol. The maximum Gasteiger partial charge on any atom is 0.182 e. The largest absolute Gasteiger partial charge is 0.283 e. The van der Waals surface area contributed by atoms with Crippen molar-refractivity contribution in [3.63, 3.8) is 0 Å². The van der Waals surface area contributed by atoms with Crippen molar-refractivity contribution in [3.05, 3.63) is 24.3 Å². The molecule has 14 heavy (non-hydrogen) atoms. The zero-order valence-electron chi connectivity index (χ0n) is 7.23. The van der Waals surface area contributed by atoms with Gasteiger partial charge < -0.3 is 0 Å². The van der Waals surface area contributed by atoms with Crippen molar-refractivity contribution in [2.75, 3.05) is 0 Å². The molecule has 1 aromatic heterocycles. The standard InChI is InChI=1S/C9H7N5/c10-5-11-6-12-9-7-3-1-2-4-8(7)13-14-9/h1-4,6H,(H2,11,12,13,14). The zero-order chi connectivity index (χ0) is 9.80. The van der Waals surface area contributed by atoms with Gasteiger partial charge in [0.1, 0.15) is 6.34 Å². The number of para-hydroxylation sites is 1. The molecule has 2 aromatic rings. The highest BCUT2D eigenvalue weighted by Gasteiger charge is 2.00. The molecule has 0 spiro atoms. The van der Waals surface area contributed by atoms with Crippen molar-refractivity contribution in [1.29, 1.82) is 5.26 Å². The van der Waals surface area contributed by atoms with Gasteiger partial charge in [-0.25, -0.2) is 4.99 Å². The van der Waals surface area contributed by atoms with Gasteiger partial charge >= 0.3 is 0 Å². The number of hydrogen-bond acceptors (Lipinski definition) is 3. The van der Waals surface area contributed by atoms with Crippen molar-refractivity contribution >= 4 is 23.1 Å². The molecular weight excluding hydrogens is 178 g/mol. The Hall–Kier alpha value is -2.35. The molecule has 0 fully saturated rings. The number of benzene rings is 1. The smallest absolute Gasteiger partial charge is 0.182 e. The van der Waals surface area contributed by atoms with Crippen LogP contribution < -0.4 is 5.32 Å². The molecule has 5 heteroatoms. The number of rotatable bonds is 2. The summed E-state index contributed by atoms with van der Waals surface area (Å²) in [5.74, 6) is 0.573. The summed E-state index contributed by atoms with van der Waals surface area (Å²) in [6.07, 6.45) is 3.05. The summed E-state index contributed by atoms with van der Waals surface area (Å²) < 4.78 is 0. The minimum atomic E-state index is 0.573. The highest BCUT2D eigenvalue weighted by molar-refractivity contribution is 5.89. The topological polar surface area (TPSA) is 76.9 Å². The molecular formula is C9H7N5. The van der Waals surface area contributed by atoms with Crippen LogP contribution in [0.5, 0.6) is 0 Å². The van der Waals surface area contributed by atoms with Crippen molar-refractivity contribution < 1.29 is 0 Å². The Bertz CT molecular complexity index is 505. The molecule has 1 heterocycles.